The van der Waals surface area contributed by atoms with Crippen LogP contribution < -0.4 is 5.73 Å². The lowest BCUT2D eigenvalue weighted by Gasteiger charge is -2.31. The Kier molecular flexibility index (Phi) is 6.58. The van der Waals surface area contributed by atoms with Crippen LogP contribution in [-0.2, 0) is 6.54 Å². The fourth-order valence-electron chi connectivity index (χ4n) is 2.25. The van der Waals surface area contributed by atoms with E-state index in [0.717, 1.165) is 25.1 Å². The third-order valence-electron chi connectivity index (χ3n) is 3.36. The molecule has 0 saturated carbocycles. The van der Waals surface area contributed by atoms with Crippen LogP contribution in [0.1, 0.15) is 32.8 Å². The van der Waals surface area contributed by atoms with E-state index in [1.54, 1.807) is 12.1 Å². The molecule has 1 aromatic carbocycles. The third-order valence-corrected chi connectivity index (χ3v) is 3.68. The SMILES string of the molecule is CCCN(Cc1ccc(Cl)c([N+](=O)[O-])c1)CC(C)(C)CN. The van der Waals surface area contributed by atoms with Crippen LogP contribution in [-0.4, -0.2) is 29.5 Å². The van der Waals surface area contributed by atoms with Crippen molar-refractivity contribution >= 4 is 17.3 Å². The van der Waals surface area contributed by atoms with Gasteiger partial charge < -0.3 is 5.73 Å². The van der Waals surface area contributed by atoms with E-state index in [2.05, 4.69) is 25.7 Å². The molecule has 0 amide bonds. The number of nitrogens with two attached hydrogens (primary N) is 1. The molecule has 0 unspecified atom stereocenters. The van der Waals surface area contributed by atoms with Gasteiger partial charge >= 0.3 is 0 Å². The lowest BCUT2D eigenvalue weighted by atomic mass is 9.93. The van der Waals surface area contributed by atoms with Crippen molar-refractivity contribution in [3.05, 3.63) is 38.9 Å². The fraction of sp³-hybridized carbons (Fsp3) is 0.600. The van der Waals surface area contributed by atoms with E-state index < -0.39 is 4.92 Å². The van der Waals surface area contributed by atoms with Crippen LogP contribution in [0.3, 0.4) is 0 Å². The molecule has 0 heterocycles. The third kappa shape index (κ3) is 5.61. The molecule has 1 rings (SSSR count). The molecule has 21 heavy (non-hydrogen) atoms. The normalized spacial score (nSPS) is 11.9. The Morgan fingerprint density at radius 1 is 1.43 bits per heavy atom. The average Bonchev–Trinajstić information content (AvgIpc) is 2.40. The van der Waals surface area contributed by atoms with Crippen LogP contribution >= 0.6 is 11.6 Å². The maximum atomic E-state index is 11.0. The van der Waals surface area contributed by atoms with Gasteiger partial charge in [0.05, 0.1) is 4.92 Å². The molecule has 2 N–H and O–H groups in total. The number of nitro benzene ring substituents is 1. The van der Waals surface area contributed by atoms with Crippen molar-refractivity contribution in [3.63, 3.8) is 0 Å². The van der Waals surface area contributed by atoms with Gasteiger partial charge in [-0.05, 0) is 36.6 Å². The van der Waals surface area contributed by atoms with E-state index in [4.69, 9.17) is 17.3 Å². The average molecular weight is 314 g/mol. The highest BCUT2D eigenvalue weighted by Crippen LogP contribution is 2.26. The van der Waals surface area contributed by atoms with Crippen molar-refractivity contribution < 1.29 is 4.92 Å². The van der Waals surface area contributed by atoms with Gasteiger partial charge in [0.1, 0.15) is 5.02 Å². The summed E-state index contributed by atoms with van der Waals surface area (Å²) in [5.41, 5.74) is 6.67. The molecule has 0 aliphatic carbocycles. The lowest BCUT2D eigenvalue weighted by molar-refractivity contribution is -0.384. The van der Waals surface area contributed by atoms with Crippen molar-refractivity contribution in [1.29, 1.82) is 0 Å². The zero-order chi connectivity index (χ0) is 16.0. The molecule has 5 nitrogen and oxygen atoms in total. The summed E-state index contributed by atoms with van der Waals surface area (Å²) in [4.78, 5) is 12.8. The van der Waals surface area contributed by atoms with Crippen LogP contribution in [0.25, 0.3) is 0 Å². The summed E-state index contributed by atoms with van der Waals surface area (Å²) in [6.07, 6.45) is 1.02. The molecule has 0 radical (unpaired) electrons. The van der Waals surface area contributed by atoms with Gasteiger partial charge in [-0.2, -0.15) is 0 Å². The topological polar surface area (TPSA) is 72.4 Å². The first-order chi connectivity index (χ1) is 9.79. The van der Waals surface area contributed by atoms with Gasteiger partial charge in [-0.25, -0.2) is 0 Å². The molecule has 0 aromatic heterocycles. The summed E-state index contributed by atoms with van der Waals surface area (Å²) in [5.74, 6) is 0. The van der Waals surface area contributed by atoms with Gasteiger partial charge in [-0.3, -0.25) is 15.0 Å². The van der Waals surface area contributed by atoms with E-state index in [-0.39, 0.29) is 16.1 Å². The van der Waals surface area contributed by atoms with Crippen molar-refractivity contribution in [2.24, 2.45) is 11.1 Å². The van der Waals surface area contributed by atoms with Gasteiger partial charge in [-0.1, -0.05) is 38.4 Å². The number of nitro groups is 1. The maximum absolute atomic E-state index is 11.0. The molecular formula is C15H24ClN3O2. The number of halogens is 1. The zero-order valence-corrected chi connectivity index (χ0v) is 13.7. The Bertz CT molecular complexity index is 492. The van der Waals surface area contributed by atoms with Gasteiger partial charge in [0.15, 0.2) is 0 Å². The van der Waals surface area contributed by atoms with Crippen LogP contribution in [0.5, 0.6) is 0 Å². The van der Waals surface area contributed by atoms with Gasteiger partial charge in [0, 0.05) is 19.2 Å². The van der Waals surface area contributed by atoms with Crippen LogP contribution in [0.2, 0.25) is 5.02 Å². The van der Waals surface area contributed by atoms with Crippen molar-refractivity contribution in [2.45, 2.75) is 33.7 Å². The van der Waals surface area contributed by atoms with E-state index >= 15 is 0 Å². The smallest absolute Gasteiger partial charge is 0.288 e. The minimum Gasteiger partial charge on any atom is -0.330 e. The zero-order valence-electron chi connectivity index (χ0n) is 12.9. The number of benzene rings is 1. The second kappa shape index (κ2) is 7.73. The van der Waals surface area contributed by atoms with Crippen LogP contribution in [0.4, 0.5) is 5.69 Å². The summed E-state index contributed by atoms with van der Waals surface area (Å²) >= 11 is 5.85. The summed E-state index contributed by atoms with van der Waals surface area (Å²) < 4.78 is 0. The summed E-state index contributed by atoms with van der Waals surface area (Å²) in [6.45, 7) is 9.42. The van der Waals surface area contributed by atoms with E-state index in [9.17, 15) is 10.1 Å². The minimum atomic E-state index is -0.445. The second-order valence-corrected chi connectivity index (χ2v) is 6.53. The molecule has 0 bridgehead atoms. The number of rotatable bonds is 8. The van der Waals surface area contributed by atoms with Crippen molar-refractivity contribution in [2.75, 3.05) is 19.6 Å². The standard InChI is InChI=1S/C15H24ClN3O2/c1-4-7-18(11-15(2,3)10-17)9-12-5-6-13(16)14(8-12)19(20)21/h5-6,8H,4,7,9-11,17H2,1-3H3. The largest absolute Gasteiger partial charge is 0.330 e. The summed E-state index contributed by atoms with van der Waals surface area (Å²) in [5, 5.41) is 11.1. The molecule has 118 valence electrons. The molecule has 0 atom stereocenters. The van der Waals surface area contributed by atoms with Gasteiger partial charge in [0.25, 0.3) is 5.69 Å². The lowest BCUT2D eigenvalue weighted by Crippen LogP contribution is -2.38. The molecule has 0 aliphatic heterocycles. The first-order valence-corrected chi connectivity index (χ1v) is 7.52. The molecule has 1 aromatic rings. The maximum Gasteiger partial charge on any atom is 0.288 e. The van der Waals surface area contributed by atoms with Crippen LogP contribution in [0, 0.1) is 15.5 Å². The van der Waals surface area contributed by atoms with Crippen molar-refractivity contribution in [1.82, 2.24) is 4.90 Å². The van der Waals surface area contributed by atoms with E-state index in [1.165, 1.54) is 0 Å². The Balaban J connectivity index is 2.89. The molecule has 0 fully saturated rings. The number of nitrogens with zero attached hydrogens (tertiary/aromatic N) is 2. The first-order valence-electron chi connectivity index (χ1n) is 7.14. The Morgan fingerprint density at radius 2 is 2.10 bits per heavy atom. The van der Waals surface area contributed by atoms with Gasteiger partial charge in [0.2, 0.25) is 0 Å². The highest BCUT2D eigenvalue weighted by Gasteiger charge is 2.21. The van der Waals surface area contributed by atoms with Crippen LogP contribution in [0.15, 0.2) is 18.2 Å². The summed E-state index contributed by atoms with van der Waals surface area (Å²) in [7, 11) is 0. The number of hydrogen-bond acceptors (Lipinski definition) is 4. The van der Waals surface area contributed by atoms with Crippen molar-refractivity contribution in [3.8, 4) is 0 Å². The number of hydrogen-bond donors (Lipinski definition) is 1. The van der Waals surface area contributed by atoms with E-state index in [1.807, 2.05) is 6.07 Å². The highest BCUT2D eigenvalue weighted by molar-refractivity contribution is 6.32. The second-order valence-electron chi connectivity index (χ2n) is 6.12. The predicted molar refractivity (Wildman–Crippen MR) is 86.5 cm³/mol. The van der Waals surface area contributed by atoms with Gasteiger partial charge in [-0.15, -0.1) is 0 Å². The molecular weight excluding hydrogens is 290 g/mol. The Labute approximate surface area is 131 Å². The monoisotopic (exact) mass is 313 g/mol. The fourth-order valence-corrected chi connectivity index (χ4v) is 2.44. The van der Waals surface area contributed by atoms with E-state index in [0.29, 0.717) is 13.1 Å². The summed E-state index contributed by atoms with van der Waals surface area (Å²) in [6, 6.07) is 4.99. The molecule has 6 heteroatoms. The molecule has 0 aliphatic rings. The highest BCUT2D eigenvalue weighted by atomic mass is 35.5. The minimum absolute atomic E-state index is 0.0214. The molecule has 0 spiro atoms. The Morgan fingerprint density at radius 3 is 2.62 bits per heavy atom. The predicted octanol–water partition coefficient (Wildman–Crippen LogP) is 3.45. The molecule has 0 saturated heterocycles. The Hall–Kier alpha value is -1.17. The quantitative estimate of drug-likeness (QED) is 0.589. The first kappa shape index (κ1) is 17.9.